The van der Waals surface area contributed by atoms with Crippen molar-refractivity contribution in [3.63, 3.8) is 0 Å². The molecule has 0 unspecified atom stereocenters. The van der Waals surface area contributed by atoms with Gasteiger partial charge in [-0.25, -0.2) is 0 Å². The minimum absolute atomic E-state index is 0.147. The minimum atomic E-state index is -0.942. The predicted octanol–water partition coefficient (Wildman–Crippen LogP) is 0.794. The summed E-state index contributed by atoms with van der Waals surface area (Å²) in [6.45, 7) is 0.407. The zero-order chi connectivity index (χ0) is 12.5. The highest BCUT2D eigenvalue weighted by atomic mass is 16.5. The van der Waals surface area contributed by atoms with Gasteiger partial charge in [-0.2, -0.15) is 0 Å². The van der Waals surface area contributed by atoms with E-state index in [1.807, 2.05) is 30.3 Å². The minimum Gasteiger partial charge on any atom is -0.480 e. The second-order valence-corrected chi connectivity index (χ2v) is 3.47. The van der Waals surface area contributed by atoms with Crippen molar-refractivity contribution in [3.8, 4) is 0 Å². The maximum Gasteiger partial charge on any atom is 0.317 e. The number of carboxylic acid groups (broad SMARTS) is 1. The van der Waals surface area contributed by atoms with Crippen LogP contribution in [0.3, 0.4) is 0 Å². The quantitative estimate of drug-likeness (QED) is 0.541. The first-order valence-electron chi connectivity index (χ1n) is 5.30. The molecule has 0 saturated heterocycles. The van der Waals surface area contributed by atoms with Crippen LogP contribution in [0.4, 0.5) is 0 Å². The van der Waals surface area contributed by atoms with Gasteiger partial charge in [-0.05, 0) is 5.56 Å². The standard InChI is InChI=1S/C12H15NO4/c14-11(15)8-13-7-6-12(16)17-9-10-4-2-1-3-5-10/h1-5,13H,6-9H2,(H,14,15). The van der Waals surface area contributed by atoms with Crippen molar-refractivity contribution in [1.29, 1.82) is 0 Å². The SMILES string of the molecule is O=C(O)CNCCC(=O)OCc1ccccc1. The zero-order valence-electron chi connectivity index (χ0n) is 9.39. The smallest absolute Gasteiger partial charge is 0.317 e. The molecule has 1 rings (SSSR count). The van der Waals surface area contributed by atoms with Crippen molar-refractivity contribution in [3.05, 3.63) is 35.9 Å². The Balaban J connectivity index is 2.11. The molecule has 5 nitrogen and oxygen atoms in total. The van der Waals surface area contributed by atoms with Crippen molar-refractivity contribution < 1.29 is 19.4 Å². The molecule has 0 atom stereocenters. The third-order valence-electron chi connectivity index (χ3n) is 2.02. The first-order valence-corrected chi connectivity index (χ1v) is 5.30. The molecular formula is C12H15NO4. The Morgan fingerprint density at radius 2 is 1.94 bits per heavy atom. The van der Waals surface area contributed by atoms with E-state index in [2.05, 4.69) is 5.32 Å². The van der Waals surface area contributed by atoms with Crippen molar-refractivity contribution >= 4 is 11.9 Å². The second-order valence-electron chi connectivity index (χ2n) is 3.47. The molecule has 0 radical (unpaired) electrons. The lowest BCUT2D eigenvalue weighted by atomic mass is 10.2. The normalized spacial score (nSPS) is 9.88. The van der Waals surface area contributed by atoms with Crippen LogP contribution in [0.2, 0.25) is 0 Å². The number of hydrogen-bond donors (Lipinski definition) is 2. The number of carbonyl (C=O) groups excluding carboxylic acids is 1. The summed E-state index contributed by atoms with van der Waals surface area (Å²) in [6.07, 6.45) is 0.167. The van der Waals surface area contributed by atoms with E-state index < -0.39 is 5.97 Å². The molecule has 92 valence electrons. The van der Waals surface area contributed by atoms with E-state index in [4.69, 9.17) is 9.84 Å². The van der Waals surface area contributed by atoms with Crippen molar-refractivity contribution in [2.24, 2.45) is 0 Å². The Kier molecular flexibility index (Phi) is 5.74. The first kappa shape index (κ1) is 13.2. The van der Waals surface area contributed by atoms with Crippen LogP contribution in [0.15, 0.2) is 30.3 Å². The highest BCUT2D eigenvalue weighted by Gasteiger charge is 2.03. The molecule has 1 aromatic rings. The van der Waals surface area contributed by atoms with Gasteiger partial charge in [-0.15, -0.1) is 0 Å². The van der Waals surface area contributed by atoms with Gasteiger partial charge in [0, 0.05) is 6.54 Å². The summed E-state index contributed by atoms with van der Waals surface area (Å²) in [6, 6.07) is 9.38. The average Bonchev–Trinajstić information content (AvgIpc) is 2.33. The van der Waals surface area contributed by atoms with Gasteiger partial charge in [0.25, 0.3) is 0 Å². The molecule has 0 aliphatic heterocycles. The number of esters is 1. The molecule has 0 fully saturated rings. The fraction of sp³-hybridized carbons (Fsp3) is 0.333. The summed E-state index contributed by atoms with van der Waals surface area (Å²) in [5.41, 5.74) is 0.930. The molecular weight excluding hydrogens is 222 g/mol. The Morgan fingerprint density at radius 3 is 2.59 bits per heavy atom. The first-order chi connectivity index (χ1) is 8.18. The Hall–Kier alpha value is -1.88. The monoisotopic (exact) mass is 237 g/mol. The molecule has 0 aliphatic rings. The third kappa shape index (κ3) is 6.32. The summed E-state index contributed by atoms with van der Waals surface area (Å²) < 4.78 is 5.01. The average molecular weight is 237 g/mol. The molecule has 0 heterocycles. The van der Waals surface area contributed by atoms with Crippen molar-refractivity contribution in [1.82, 2.24) is 5.32 Å². The molecule has 0 amide bonds. The molecule has 0 saturated carbocycles. The lowest BCUT2D eigenvalue weighted by molar-refractivity contribution is -0.145. The van der Waals surface area contributed by atoms with E-state index in [-0.39, 0.29) is 25.5 Å². The Bertz CT molecular complexity index is 364. The molecule has 0 bridgehead atoms. The van der Waals surface area contributed by atoms with Crippen LogP contribution in [0.5, 0.6) is 0 Å². The maximum atomic E-state index is 11.3. The van der Waals surface area contributed by atoms with E-state index in [1.54, 1.807) is 0 Å². The second kappa shape index (κ2) is 7.40. The van der Waals surface area contributed by atoms with Gasteiger partial charge in [0.15, 0.2) is 0 Å². The molecule has 5 heteroatoms. The molecule has 2 N–H and O–H groups in total. The lowest BCUT2D eigenvalue weighted by Crippen LogP contribution is -2.25. The van der Waals surface area contributed by atoms with Gasteiger partial charge < -0.3 is 15.2 Å². The van der Waals surface area contributed by atoms with E-state index in [0.29, 0.717) is 6.54 Å². The van der Waals surface area contributed by atoms with Crippen LogP contribution in [0.1, 0.15) is 12.0 Å². The van der Waals surface area contributed by atoms with Crippen LogP contribution >= 0.6 is 0 Å². The lowest BCUT2D eigenvalue weighted by Gasteiger charge is -2.05. The topological polar surface area (TPSA) is 75.6 Å². The van der Waals surface area contributed by atoms with Gasteiger partial charge in [0.1, 0.15) is 6.61 Å². The van der Waals surface area contributed by atoms with Crippen LogP contribution < -0.4 is 5.32 Å². The number of nitrogens with one attached hydrogen (secondary N) is 1. The van der Waals surface area contributed by atoms with Gasteiger partial charge in [-0.3, -0.25) is 9.59 Å². The van der Waals surface area contributed by atoms with Crippen molar-refractivity contribution in [2.75, 3.05) is 13.1 Å². The van der Waals surface area contributed by atoms with Gasteiger partial charge in [0.2, 0.25) is 0 Å². The number of carboxylic acids is 1. The number of rotatable bonds is 7. The summed E-state index contributed by atoms with van der Waals surface area (Å²) in [4.78, 5) is 21.4. The van der Waals surface area contributed by atoms with Gasteiger partial charge in [-0.1, -0.05) is 30.3 Å². The number of carbonyl (C=O) groups is 2. The Labute approximate surface area is 99.4 Å². The molecule has 0 aliphatic carbocycles. The molecule has 0 spiro atoms. The Morgan fingerprint density at radius 1 is 1.24 bits per heavy atom. The molecule has 0 aromatic heterocycles. The fourth-order valence-electron chi connectivity index (χ4n) is 1.20. The van der Waals surface area contributed by atoms with Crippen LogP contribution in [0.25, 0.3) is 0 Å². The maximum absolute atomic E-state index is 11.3. The van der Waals surface area contributed by atoms with Crippen LogP contribution in [-0.4, -0.2) is 30.1 Å². The van der Waals surface area contributed by atoms with Gasteiger partial charge in [0.05, 0.1) is 13.0 Å². The van der Waals surface area contributed by atoms with Crippen LogP contribution in [-0.2, 0) is 20.9 Å². The molecule has 17 heavy (non-hydrogen) atoms. The highest BCUT2D eigenvalue weighted by molar-refractivity contribution is 5.70. The number of aliphatic carboxylic acids is 1. The fourth-order valence-corrected chi connectivity index (χ4v) is 1.20. The molecule has 1 aromatic carbocycles. The summed E-state index contributed by atoms with van der Waals surface area (Å²) in [5, 5.41) is 11.0. The van der Waals surface area contributed by atoms with E-state index >= 15 is 0 Å². The van der Waals surface area contributed by atoms with E-state index in [1.165, 1.54) is 0 Å². The number of hydrogen-bond acceptors (Lipinski definition) is 4. The van der Waals surface area contributed by atoms with Crippen molar-refractivity contribution in [2.45, 2.75) is 13.0 Å². The van der Waals surface area contributed by atoms with E-state index in [9.17, 15) is 9.59 Å². The highest BCUT2D eigenvalue weighted by Crippen LogP contribution is 2.01. The largest absolute Gasteiger partial charge is 0.480 e. The third-order valence-corrected chi connectivity index (χ3v) is 2.02. The summed E-state index contributed by atoms with van der Waals surface area (Å²) >= 11 is 0. The van der Waals surface area contributed by atoms with E-state index in [0.717, 1.165) is 5.56 Å². The summed E-state index contributed by atoms with van der Waals surface area (Å²) in [5.74, 6) is -1.28. The van der Waals surface area contributed by atoms with Gasteiger partial charge >= 0.3 is 11.9 Å². The number of ether oxygens (including phenoxy) is 1. The van der Waals surface area contributed by atoms with Crippen LogP contribution in [0, 0.1) is 0 Å². The zero-order valence-corrected chi connectivity index (χ0v) is 9.39. The predicted molar refractivity (Wildman–Crippen MR) is 61.4 cm³/mol. The summed E-state index contributed by atoms with van der Waals surface area (Å²) in [7, 11) is 0. The number of benzene rings is 1.